The number of hydrogen-bond donors (Lipinski definition) is 1. The first-order valence-electron chi connectivity index (χ1n) is 3.58. The molecule has 0 unspecified atom stereocenters. The molecule has 0 aromatic carbocycles. The Morgan fingerprint density at radius 3 is 3.00 bits per heavy atom. The van der Waals surface area contributed by atoms with Gasteiger partial charge in [-0.15, -0.1) is 0 Å². The van der Waals surface area contributed by atoms with Crippen LogP contribution < -0.4 is 5.73 Å². The highest BCUT2D eigenvalue weighted by atomic mass is 16.5. The molecule has 1 aromatic rings. The minimum Gasteiger partial charge on any atom is -0.468 e. The van der Waals surface area contributed by atoms with Crippen LogP contribution in [0.5, 0.6) is 0 Å². The Morgan fingerprint density at radius 2 is 2.42 bits per heavy atom. The summed E-state index contributed by atoms with van der Waals surface area (Å²) in [6.07, 6.45) is 2.34. The number of rotatable bonds is 4. The first-order valence-corrected chi connectivity index (χ1v) is 3.58. The van der Waals surface area contributed by atoms with Crippen molar-refractivity contribution in [2.45, 2.75) is 6.42 Å². The van der Waals surface area contributed by atoms with Gasteiger partial charge >= 0.3 is 0 Å². The van der Waals surface area contributed by atoms with Crippen molar-refractivity contribution in [3.8, 4) is 0 Å². The van der Waals surface area contributed by atoms with Crippen LogP contribution in [-0.2, 0) is 16.0 Å². The van der Waals surface area contributed by atoms with Gasteiger partial charge in [0.15, 0.2) is 0 Å². The molecule has 1 heterocycles. The summed E-state index contributed by atoms with van der Waals surface area (Å²) in [6, 6.07) is 3.58. The van der Waals surface area contributed by atoms with E-state index < -0.39 is 0 Å². The van der Waals surface area contributed by atoms with E-state index in [2.05, 4.69) is 9.72 Å². The molecule has 0 aliphatic rings. The van der Waals surface area contributed by atoms with Crippen LogP contribution in [0.2, 0.25) is 0 Å². The SMILES string of the molecule is Nc1ccc(CCOC=O)cn1. The fourth-order valence-corrected chi connectivity index (χ4v) is 0.809. The summed E-state index contributed by atoms with van der Waals surface area (Å²) in [4.78, 5) is 13.7. The van der Waals surface area contributed by atoms with Crippen molar-refractivity contribution in [2.24, 2.45) is 0 Å². The lowest BCUT2D eigenvalue weighted by molar-refractivity contribution is -0.128. The average Bonchev–Trinajstić information content (AvgIpc) is 2.09. The molecule has 0 spiro atoms. The molecule has 0 saturated heterocycles. The highest BCUT2D eigenvalue weighted by molar-refractivity contribution is 5.37. The van der Waals surface area contributed by atoms with Crippen LogP contribution >= 0.6 is 0 Å². The lowest BCUT2D eigenvalue weighted by Gasteiger charge is -1.99. The van der Waals surface area contributed by atoms with Gasteiger partial charge in [0, 0.05) is 12.6 Å². The van der Waals surface area contributed by atoms with E-state index in [-0.39, 0.29) is 0 Å². The second kappa shape index (κ2) is 4.33. The number of pyridine rings is 1. The molecule has 0 amide bonds. The number of ether oxygens (including phenoxy) is 1. The largest absolute Gasteiger partial charge is 0.468 e. The molecule has 1 aromatic heterocycles. The van der Waals surface area contributed by atoms with E-state index >= 15 is 0 Å². The maximum absolute atomic E-state index is 9.79. The van der Waals surface area contributed by atoms with E-state index in [0.29, 0.717) is 25.3 Å². The summed E-state index contributed by atoms with van der Waals surface area (Å²) < 4.78 is 4.53. The highest BCUT2D eigenvalue weighted by Crippen LogP contribution is 2.01. The highest BCUT2D eigenvalue weighted by Gasteiger charge is 1.92. The quantitative estimate of drug-likeness (QED) is 0.518. The Bertz CT molecular complexity index is 246. The smallest absolute Gasteiger partial charge is 0.293 e. The zero-order valence-electron chi connectivity index (χ0n) is 6.56. The number of nitrogen functional groups attached to an aromatic ring is 1. The normalized spacial score (nSPS) is 9.33. The Morgan fingerprint density at radius 1 is 1.58 bits per heavy atom. The van der Waals surface area contributed by atoms with E-state index in [1.54, 1.807) is 12.3 Å². The monoisotopic (exact) mass is 166 g/mol. The lowest BCUT2D eigenvalue weighted by Crippen LogP contribution is -1.98. The summed E-state index contributed by atoms with van der Waals surface area (Å²) in [6.45, 7) is 0.819. The summed E-state index contributed by atoms with van der Waals surface area (Å²) in [7, 11) is 0. The molecule has 4 heteroatoms. The minimum absolute atomic E-state index is 0.384. The van der Waals surface area contributed by atoms with Crippen molar-refractivity contribution in [1.82, 2.24) is 4.98 Å². The molecule has 64 valence electrons. The van der Waals surface area contributed by atoms with Gasteiger partial charge in [0.25, 0.3) is 6.47 Å². The van der Waals surface area contributed by atoms with Crippen molar-refractivity contribution in [2.75, 3.05) is 12.3 Å². The van der Waals surface area contributed by atoms with Crippen molar-refractivity contribution < 1.29 is 9.53 Å². The van der Waals surface area contributed by atoms with Gasteiger partial charge in [-0.05, 0) is 11.6 Å². The fourth-order valence-electron chi connectivity index (χ4n) is 0.809. The first-order chi connectivity index (χ1) is 5.83. The van der Waals surface area contributed by atoms with Gasteiger partial charge in [-0.2, -0.15) is 0 Å². The van der Waals surface area contributed by atoms with Crippen LogP contribution in [0, 0.1) is 0 Å². The van der Waals surface area contributed by atoms with E-state index in [1.807, 2.05) is 6.07 Å². The van der Waals surface area contributed by atoms with Crippen molar-refractivity contribution in [1.29, 1.82) is 0 Å². The molecule has 12 heavy (non-hydrogen) atoms. The fraction of sp³-hybridized carbons (Fsp3) is 0.250. The number of carbonyl (C=O) groups excluding carboxylic acids is 1. The van der Waals surface area contributed by atoms with E-state index in [9.17, 15) is 4.79 Å². The van der Waals surface area contributed by atoms with Gasteiger partial charge in [-0.1, -0.05) is 6.07 Å². The zero-order valence-corrected chi connectivity index (χ0v) is 6.56. The van der Waals surface area contributed by atoms with E-state index in [1.165, 1.54) is 0 Å². The maximum atomic E-state index is 9.79. The Labute approximate surface area is 70.4 Å². The summed E-state index contributed by atoms with van der Waals surface area (Å²) >= 11 is 0. The van der Waals surface area contributed by atoms with Gasteiger partial charge < -0.3 is 10.5 Å². The third-order valence-corrected chi connectivity index (χ3v) is 1.42. The number of nitrogens with two attached hydrogens (primary N) is 1. The number of aromatic nitrogens is 1. The van der Waals surface area contributed by atoms with Crippen LogP contribution in [0.15, 0.2) is 18.3 Å². The maximum Gasteiger partial charge on any atom is 0.293 e. The van der Waals surface area contributed by atoms with E-state index in [4.69, 9.17) is 5.73 Å². The summed E-state index contributed by atoms with van der Waals surface area (Å²) in [5, 5.41) is 0. The van der Waals surface area contributed by atoms with Crippen molar-refractivity contribution in [3.05, 3.63) is 23.9 Å². The van der Waals surface area contributed by atoms with Gasteiger partial charge in [-0.3, -0.25) is 4.79 Å². The van der Waals surface area contributed by atoms with Crippen LogP contribution in [0.3, 0.4) is 0 Å². The van der Waals surface area contributed by atoms with Gasteiger partial charge in [-0.25, -0.2) is 4.98 Å². The first kappa shape index (κ1) is 8.52. The van der Waals surface area contributed by atoms with E-state index in [0.717, 1.165) is 5.56 Å². The van der Waals surface area contributed by atoms with Crippen LogP contribution in [0.1, 0.15) is 5.56 Å². The predicted octanol–water partition coefficient (Wildman–Crippen LogP) is 0.379. The molecule has 2 N–H and O–H groups in total. The standard InChI is InChI=1S/C8H10N2O2/c9-8-2-1-7(5-10-8)3-4-12-6-11/h1-2,5-6H,3-4H2,(H2,9,10). The molecule has 0 saturated carbocycles. The molecule has 1 rings (SSSR count). The number of carbonyl (C=O) groups is 1. The van der Waals surface area contributed by atoms with Crippen LogP contribution in [-0.4, -0.2) is 18.1 Å². The van der Waals surface area contributed by atoms with Crippen LogP contribution in [0.4, 0.5) is 5.82 Å². The predicted molar refractivity (Wildman–Crippen MR) is 44.4 cm³/mol. The van der Waals surface area contributed by atoms with Gasteiger partial charge in [0.2, 0.25) is 0 Å². The number of hydrogen-bond acceptors (Lipinski definition) is 4. The number of anilines is 1. The Hall–Kier alpha value is -1.58. The zero-order chi connectivity index (χ0) is 8.81. The molecule has 4 nitrogen and oxygen atoms in total. The molecular formula is C8H10N2O2. The molecule has 0 aliphatic heterocycles. The third-order valence-electron chi connectivity index (χ3n) is 1.42. The minimum atomic E-state index is 0.384. The van der Waals surface area contributed by atoms with Gasteiger partial charge in [0.05, 0.1) is 6.61 Å². The molecule has 0 aliphatic carbocycles. The summed E-state index contributed by atoms with van der Waals surface area (Å²) in [5.74, 6) is 0.495. The number of nitrogens with zero attached hydrogens (tertiary/aromatic N) is 1. The lowest BCUT2D eigenvalue weighted by atomic mass is 10.2. The van der Waals surface area contributed by atoms with Crippen molar-refractivity contribution >= 4 is 12.3 Å². The topological polar surface area (TPSA) is 65.2 Å². The third kappa shape index (κ3) is 2.57. The molecule has 0 bridgehead atoms. The second-order valence-corrected chi connectivity index (χ2v) is 2.31. The molecular weight excluding hydrogens is 156 g/mol. The Balaban J connectivity index is 2.42. The van der Waals surface area contributed by atoms with Crippen LogP contribution in [0.25, 0.3) is 0 Å². The summed E-state index contributed by atoms with van der Waals surface area (Å²) in [5.41, 5.74) is 6.39. The Kier molecular flexibility index (Phi) is 3.07. The second-order valence-electron chi connectivity index (χ2n) is 2.31. The van der Waals surface area contributed by atoms with Gasteiger partial charge in [0.1, 0.15) is 5.82 Å². The molecule has 0 fully saturated rings. The van der Waals surface area contributed by atoms with Crippen molar-refractivity contribution in [3.63, 3.8) is 0 Å². The molecule has 0 radical (unpaired) electrons. The average molecular weight is 166 g/mol. The molecule has 0 atom stereocenters.